The van der Waals surface area contributed by atoms with E-state index in [0.717, 1.165) is 9.71 Å². The van der Waals surface area contributed by atoms with Crippen molar-refractivity contribution in [1.29, 1.82) is 0 Å². The Hall–Kier alpha value is -2.69. The molecule has 0 unspecified atom stereocenters. The number of carbonyl (C=O) groups excluding carboxylic acids is 1. The number of hydrogen-bond acceptors (Lipinski definition) is 6. The number of amides is 1. The second-order valence-corrected chi connectivity index (χ2v) is 11.2. The van der Waals surface area contributed by atoms with Gasteiger partial charge >= 0.3 is 0 Å². The van der Waals surface area contributed by atoms with E-state index in [9.17, 15) is 21.6 Å². The molecule has 2 aromatic rings. The number of benzene rings is 2. The molecule has 0 aliphatic carbocycles. The molecule has 1 aliphatic heterocycles. The molecule has 166 valence electrons. The molecule has 1 aliphatic rings. The van der Waals surface area contributed by atoms with Gasteiger partial charge in [0, 0.05) is 30.8 Å². The molecule has 0 N–H and O–H groups in total. The second kappa shape index (κ2) is 8.81. The third kappa shape index (κ3) is 4.97. The van der Waals surface area contributed by atoms with Crippen LogP contribution in [0.1, 0.15) is 17.3 Å². The third-order valence-corrected chi connectivity index (χ3v) is 7.97. The van der Waals surface area contributed by atoms with Crippen LogP contribution in [0.25, 0.3) is 0 Å². The molecule has 0 radical (unpaired) electrons. The van der Waals surface area contributed by atoms with E-state index in [2.05, 4.69) is 0 Å². The summed E-state index contributed by atoms with van der Waals surface area (Å²) in [5.41, 5.74) is 0.745. The molecule has 1 atom stereocenters. The van der Waals surface area contributed by atoms with Gasteiger partial charge in [-0.15, -0.1) is 0 Å². The molecule has 0 bridgehead atoms. The average Bonchev–Trinajstić information content (AvgIpc) is 3.08. The van der Waals surface area contributed by atoms with Crippen LogP contribution in [-0.4, -0.2) is 59.5 Å². The molecule has 1 heterocycles. The predicted molar refractivity (Wildman–Crippen MR) is 118 cm³/mol. The Morgan fingerprint density at radius 3 is 2.16 bits per heavy atom. The molecule has 0 saturated carbocycles. The Balaban J connectivity index is 1.97. The number of sulfone groups is 1. The summed E-state index contributed by atoms with van der Waals surface area (Å²) in [7, 11) is -4.18. The highest BCUT2D eigenvalue weighted by Crippen LogP contribution is 2.27. The lowest BCUT2D eigenvalue weighted by Gasteiger charge is -2.28. The highest BCUT2D eigenvalue weighted by Gasteiger charge is 2.32. The maximum atomic E-state index is 13.4. The molecule has 3 rings (SSSR count). The third-order valence-electron chi connectivity index (χ3n) is 4.77. The smallest absolute Gasteiger partial charge is 0.258 e. The van der Waals surface area contributed by atoms with Crippen molar-refractivity contribution < 1.29 is 26.4 Å². The lowest BCUT2D eigenvalue weighted by molar-refractivity contribution is 0.0983. The zero-order chi connectivity index (χ0) is 22.8. The van der Waals surface area contributed by atoms with Crippen LogP contribution in [0.3, 0.4) is 0 Å². The van der Waals surface area contributed by atoms with Crippen molar-refractivity contribution >= 4 is 31.5 Å². The molecule has 0 aromatic heterocycles. The maximum Gasteiger partial charge on any atom is 0.258 e. The molecule has 0 fully saturated rings. The zero-order valence-corrected chi connectivity index (χ0v) is 19.1. The van der Waals surface area contributed by atoms with Crippen molar-refractivity contribution in [3.63, 3.8) is 0 Å². The van der Waals surface area contributed by atoms with Crippen LogP contribution in [0, 0.1) is 0 Å². The molecule has 2 aromatic carbocycles. The van der Waals surface area contributed by atoms with Gasteiger partial charge in [0.25, 0.3) is 5.91 Å². The van der Waals surface area contributed by atoms with Gasteiger partial charge in [0.15, 0.2) is 9.84 Å². The minimum Gasteiger partial charge on any atom is -0.494 e. The standard InChI is InChI=1S/C21H24N2O6S2/c1-4-29-19-9-7-17(8-10-19)23(18-13-14-30(25,26)15-18)21(24)16-5-11-20(12-6-16)31(27,28)22(2)3/h5-14,18H,4,15H2,1-3H3/t18-/m0/s1. The van der Waals surface area contributed by atoms with E-state index in [-0.39, 0.29) is 16.2 Å². The van der Waals surface area contributed by atoms with E-state index in [0.29, 0.717) is 18.0 Å². The summed E-state index contributed by atoms with van der Waals surface area (Å²) in [5, 5.41) is 1.11. The van der Waals surface area contributed by atoms with Gasteiger partial charge in [-0.3, -0.25) is 4.79 Å². The molecule has 0 spiro atoms. The Morgan fingerprint density at radius 2 is 1.68 bits per heavy atom. The monoisotopic (exact) mass is 464 g/mol. The van der Waals surface area contributed by atoms with Gasteiger partial charge in [0.2, 0.25) is 10.0 Å². The molecule has 8 nitrogen and oxygen atoms in total. The first-order valence-corrected chi connectivity index (χ1v) is 12.7. The van der Waals surface area contributed by atoms with Gasteiger partial charge in [-0.2, -0.15) is 0 Å². The fraction of sp³-hybridized carbons (Fsp3) is 0.286. The largest absolute Gasteiger partial charge is 0.494 e. The van der Waals surface area contributed by atoms with Gasteiger partial charge in [-0.1, -0.05) is 0 Å². The van der Waals surface area contributed by atoms with Crippen LogP contribution in [0.15, 0.2) is 64.9 Å². The second-order valence-electron chi connectivity index (χ2n) is 7.14. The number of anilines is 1. The minimum atomic E-state index is -3.63. The van der Waals surface area contributed by atoms with Crippen LogP contribution in [0.2, 0.25) is 0 Å². The number of rotatable bonds is 7. The Bertz CT molecular complexity index is 1190. The first-order chi connectivity index (χ1) is 14.5. The summed E-state index contributed by atoms with van der Waals surface area (Å²) in [6.45, 7) is 2.35. The minimum absolute atomic E-state index is 0.0602. The first-order valence-electron chi connectivity index (χ1n) is 9.55. The summed E-state index contributed by atoms with van der Waals surface area (Å²) >= 11 is 0. The van der Waals surface area contributed by atoms with Gasteiger partial charge in [-0.25, -0.2) is 21.1 Å². The summed E-state index contributed by atoms with van der Waals surface area (Å²) in [6.07, 6.45) is 1.48. The molecule has 10 heteroatoms. The van der Waals surface area contributed by atoms with Gasteiger partial charge in [-0.05, 0) is 61.5 Å². The van der Waals surface area contributed by atoms with Crippen molar-refractivity contribution in [3.05, 3.63) is 65.6 Å². The van der Waals surface area contributed by atoms with Gasteiger partial charge < -0.3 is 9.64 Å². The van der Waals surface area contributed by atoms with Crippen molar-refractivity contribution in [2.24, 2.45) is 0 Å². The zero-order valence-electron chi connectivity index (χ0n) is 17.4. The van der Waals surface area contributed by atoms with Gasteiger partial charge in [0.1, 0.15) is 5.75 Å². The average molecular weight is 465 g/mol. The number of nitrogens with zero attached hydrogens (tertiary/aromatic N) is 2. The van der Waals surface area contributed by atoms with Crippen LogP contribution < -0.4 is 9.64 Å². The topological polar surface area (TPSA) is 101 Å². The molecule has 0 saturated heterocycles. The number of ether oxygens (including phenoxy) is 1. The Labute approximate surface area is 182 Å². The summed E-state index contributed by atoms with van der Waals surface area (Å²) in [5.74, 6) is -0.0323. The van der Waals surface area contributed by atoms with Crippen molar-refractivity contribution in [3.8, 4) is 5.75 Å². The van der Waals surface area contributed by atoms with E-state index < -0.39 is 31.8 Å². The molecule has 1 amide bonds. The lowest BCUT2D eigenvalue weighted by Crippen LogP contribution is -2.41. The van der Waals surface area contributed by atoms with Gasteiger partial charge in [0.05, 0.1) is 23.3 Å². The van der Waals surface area contributed by atoms with E-state index in [1.54, 1.807) is 24.3 Å². The number of hydrogen-bond donors (Lipinski definition) is 0. The van der Waals surface area contributed by atoms with Crippen LogP contribution in [0.5, 0.6) is 5.75 Å². The highest BCUT2D eigenvalue weighted by atomic mass is 32.2. The van der Waals surface area contributed by atoms with Crippen LogP contribution >= 0.6 is 0 Å². The number of sulfonamides is 1. The van der Waals surface area contributed by atoms with E-state index in [1.807, 2.05) is 6.92 Å². The fourth-order valence-corrected chi connectivity index (χ4v) is 5.34. The Morgan fingerprint density at radius 1 is 1.06 bits per heavy atom. The lowest BCUT2D eigenvalue weighted by atomic mass is 10.1. The summed E-state index contributed by atoms with van der Waals surface area (Å²) in [4.78, 5) is 14.8. The first kappa shape index (κ1) is 23.0. The quantitative estimate of drug-likeness (QED) is 0.623. The van der Waals surface area contributed by atoms with Crippen molar-refractivity contribution in [2.75, 3.05) is 31.4 Å². The van der Waals surface area contributed by atoms with Crippen molar-refractivity contribution in [1.82, 2.24) is 4.31 Å². The van der Waals surface area contributed by atoms with Crippen molar-refractivity contribution in [2.45, 2.75) is 17.9 Å². The van der Waals surface area contributed by atoms with Crippen LogP contribution in [0.4, 0.5) is 5.69 Å². The molecular formula is C21H24N2O6S2. The SMILES string of the molecule is CCOc1ccc(N(C(=O)c2ccc(S(=O)(=O)N(C)C)cc2)[C@H]2C=CS(=O)(=O)C2)cc1. The highest BCUT2D eigenvalue weighted by molar-refractivity contribution is 7.94. The maximum absolute atomic E-state index is 13.4. The summed E-state index contributed by atoms with van der Waals surface area (Å²) < 4.78 is 55.0. The number of carbonyl (C=O) groups is 1. The molecular weight excluding hydrogens is 440 g/mol. The summed E-state index contributed by atoms with van der Waals surface area (Å²) in [6, 6.07) is 11.7. The van der Waals surface area contributed by atoms with Crippen LogP contribution in [-0.2, 0) is 19.9 Å². The van der Waals surface area contributed by atoms with E-state index in [4.69, 9.17) is 4.74 Å². The Kier molecular flexibility index (Phi) is 6.54. The normalized spacial score (nSPS) is 17.6. The van der Waals surface area contributed by atoms with E-state index in [1.165, 1.54) is 49.3 Å². The fourth-order valence-electron chi connectivity index (χ4n) is 3.17. The molecule has 31 heavy (non-hydrogen) atoms. The van der Waals surface area contributed by atoms with E-state index >= 15 is 0 Å². The predicted octanol–water partition coefficient (Wildman–Crippen LogP) is 2.29.